The summed E-state index contributed by atoms with van der Waals surface area (Å²) in [6.45, 7) is 4.32. The number of nitrogens with zero attached hydrogens (tertiary/aromatic N) is 3. The van der Waals surface area contributed by atoms with Gasteiger partial charge in [0, 0.05) is 13.1 Å². The molecule has 1 aliphatic rings. The van der Waals surface area contributed by atoms with Crippen molar-refractivity contribution in [3.05, 3.63) is 47.4 Å². The number of morpholine rings is 1. The second-order valence-corrected chi connectivity index (χ2v) is 5.49. The van der Waals surface area contributed by atoms with Gasteiger partial charge in [0.15, 0.2) is 5.82 Å². The molecule has 1 fully saturated rings. The monoisotopic (exact) mass is 306 g/mol. The Bertz CT molecular complexity index is 616. The Morgan fingerprint density at radius 2 is 2.09 bits per heavy atom. The molecule has 0 amide bonds. The highest BCUT2D eigenvalue weighted by Crippen LogP contribution is 2.26. The fourth-order valence-electron chi connectivity index (χ4n) is 2.67. The first-order chi connectivity index (χ1) is 10.6. The second-order valence-electron chi connectivity index (χ2n) is 5.49. The lowest BCUT2D eigenvalue weighted by Crippen LogP contribution is -2.42. The van der Waals surface area contributed by atoms with Gasteiger partial charge in [-0.05, 0) is 24.6 Å². The normalized spacial score (nSPS) is 22.9. The summed E-state index contributed by atoms with van der Waals surface area (Å²) in [7, 11) is 0. The van der Waals surface area contributed by atoms with E-state index in [0.717, 1.165) is 12.1 Å². The van der Waals surface area contributed by atoms with Gasteiger partial charge >= 0.3 is 0 Å². The van der Waals surface area contributed by atoms with Gasteiger partial charge in [-0.3, -0.25) is 4.90 Å². The van der Waals surface area contributed by atoms with E-state index < -0.39 is 0 Å². The third kappa shape index (κ3) is 3.49. The van der Waals surface area contributed by atoms with Crippen LogP contribution < -0.4 is 5.73 Å². The van der Waals surface area contributed by atoms with E-state index >= 15 is 0 Å². The summed E-state index contributed by atoms with van der Waals surface area (Å²) in [6, 6.07) is 6.43. The molecular weight excluding hydrogens is 287 g/mol. The Kier molecular flexibility index (Phi) is 4.47. The molecule has 0 aliphatic carbocycles. The molecule has 0 saturated carbocycles. The average molecular weight is 306 g/mol. The molecule has 2 unspecified atom stereocenters. The van der Waals surface area contributed by atoms with Crippen LogP contribution in [0.3, 0.4) is 0 Å². The van der Waals surface area contributed by atoms with Crippen LogP contribution in [0.4, 0.5) is 4.39 Å². The van der Waals surface area contributed by atoms with Crippen LogP contribution in [0, 0.1) is 5.82 Å². The van der Waals surface area contributed by atoms with Gasteiger partial charge in [-0.2, -0.15) is 4.98 Å². The van der Waals surface area contributed by atoms with Crippen molar-refractivity contribution in [1.29, 1.82) is 0 Å². The van der Waals surface area contributed by atoms with Crippen molar-refractivity contribution in [2.45, 2.75) is 32.2 Å². The van der Waals surface area contributed by atoms with E-state index in [2.05, 4.69) is 15.0 Å². The van der Waals surface area contributed by atoms with Crippen LogP contribution in [-0.2, 0) is 17.8 Å². The van der Waals surface area contributed by atoms with E-state index in [4.69, 9.17) is 15.0 Å². The molecule has 1 aliphatic heterocycles. The first-order valence-corrected chi connectivity index (χ1v) is 7.29. The number of aromatic nitrogens is 2. The number of hydrogen-bond acceptors (Lipinski definition) is 6. The molecule has 7 heteroatoms. The molecule has 2 aromatic rings. The number of hydrogen-bond donors (Lipinski definition) is 1. The molecule has 0 spiro atoms. The van der Waals surface area contributed by atoms with Crippen LogP contribution in [0.5, 0.6) is 0 Å². The lowest BCUT2D eigenvalue weighted by atomic mass is 10.1. The summed E-state index contributed by atoms with van der Waals surface area (Å²) in [4.78, 5) is 6.42. The molecule has 1 aromatic carbocycles. The SMILES string of the molecule is CC1CN(Cc2noc(CN)n2)CC(c2ccc(F)cc2)O1. The smallest absolute Gasteiger partial charge is 0.240 e. The first kappa shape index (κ1) is 15.1. The lowest BCUT2D eigenvalue weighted by Gasteiger charge is -2.36. The molecule has 6 nitrogen and oxygen atoms in total. The predicted octanol–water partition coefficient (Wildman–Crippen LogP) is 1.63. The minimum absolute atomic E-state index is 0.0738. The molecule has 3 rings (SSSR count). The van der Waals surface area contributed by atoms with Gasteiger partial charge in [-0.1, -0.05) is 17.3 Å². The molecule has 1 saturated heterocycles. The van der Waals surface area contributed by atoms with Crippen LogP contribution in [0.25, 0.3) is 0 Å². The van der Waals surface area contributed by atoms with Crippen LogP contribution in [-0.4, -0.2) is 34.2 Å². The zero-order valence-corrected chi connectivity index (χ0v) is 12.4. The van der Waals surface area contributed by atoms with Gasteiger partial charge in [0.05, 0.1) is 25.3 Å². The zero-order valence-electron chi connectivity index (χ0n) is 12.4. The molecule has 2 N–H and O–H groups in total. The fourth-order valence-corrected chi connectivity index (χ4v) is 2.67. The topological polar surface area (TPSA) is 77.4 Å². The summed E-state index contributed by atoms with van der Waals surface area (Å²) >= 11 is 0. The van der Waals surface area contributed by atoms with Gasteiger partial charge in [0.2, 0.25) is 5.89 Å². The minimum Gasteiger partial charge on any atom is -0.368 e. The Morgan fingerprint density at radius 3 is 2.77 bits per heavy atom. The van der Waals surface area contributed by atoms with Crippen molar-refractivity contribution in [1.82, 2.24) is 15.0 Å². The van der Waals surface area contributed by atoms with Crippen LogP contribution in [0.15, 0.2) is 28.8 Å². The first-order valence-electron chi connectivity index (χ1n) is 7.29. The minimum atomic E-state index is -0.245. The standard InChI is InChI=1S/C15H19FN4O2/c1-10-7-20(9-14-18-15(6-17)22-19-14)8-13(21-10)11-2-4-12(16)5-3-11/h2-5,10,13H,6-9,17H2,1H3. The third-order valence-corrected chi connectivity index (χ3v) is 3.63. The van der Waals surface area contributed by atoms with Crippen LogP contribution in [0.1, 0.15) is 30.3 Å². The summed E-state index contributed by atoms with van der Waals surface area (Å²) in [5.74, 6) is 0.810. The van der Waals surface area contributed by atoms with Crippen molar-refractivity contribution >= 4 is 0 Å². The maximum absolute atomic E-state index is 13.0. The quantitative estimate of drug-likeness (QED) is 0.925. The zero-order chi connectivity index (χ0) is 15.5. The lowest BCUT2D eigenvalue weighted by molar-refractivity contribution is -0.0820. The predicted molar refractivity (Wildman–Crippen MR) is 77.2 cm³/mol. The van der Waals surface area contributed by atoms with E-state index in [9.17, 15) is 4.39 Å². The van der Waals surface area contributed by atoms with Crippen molar-refractivity contribution in [2.24, 2.45) is 5.73 Å². The summed E-state index contributed by atoms with van der Waals surface area (Å²) in [5.41, 5.74) is 6.43. The number of ether oxygens (including phenoxy) is 1. The van der Waals surface area contributed by atoms with Crippen LogP contribution >= 0.6 is 0 Å². The van der Waals surface area contributed by atoms with Crippen molar-refractivity contribution in [2.75, 3.05) is 13.1 Å². The largest absolute Gasteiger partial charge is 0.368 e. The van der Waals surface area contributed by atoms with Crippen molar-refractivity contribution in [3.63, 3.8) is 0 Å². The molecule has 22 heavy (non-hydrogen) atoms. The Morgan fingerprint density at radius 1 is 1.32 bits per heavy atom. The summed E-state index contributed by atoms with van der Waals surface area (Å²) < 4.78 is 24.0. The maximum atomic E-state index is 13.0. The number of halogens is 1. The van der Waals surface area contributed by atoms with E-state index in [1.54, 1.807) is 12.1 Å². The molecule has 0 radical (unpaired) electrons. The number of rotatable bonds is 4. The molecule has 1 aromatic heterocycles. The highest BCUT2D eigenvalue weighted by atomic mass is 19.1. The van der Waals surface area contributed by atoms with Gasteiger partial charge in [-0.25, -0.2) is 4.39 Å². The molecule has 2 atom stereocenters. The average Bonchev–Trinajstić information content (AvgIpc) is 2.95. The van der Waals surface area contributed by atoms with Crippen molar-refractivity contribution < 1.29 is 13.7 Å². The second kappa shape index (κ2) is 6.51. The Labute approximate surface area is 128 Å². The van der Waals surface area contributed by atoms with Gasteiger partial charge in [0.25, 0.3) is 0 Å². The molecule has 2 heterocycles. The molecular formula is C15H19FN4O2. The van der Waals surface area contributed by atoms with Crippen LogP contribution in [0.2, 0.25) is 0 Å². The molecule has 0 bridgehead atoms. The van der Waals surface area contributed by atoms with E-state index in [1.165, 1.54) is 12.1 Å². The Balaban J connectivity index is 1.69. The van der Waals surface area contributed by atoms with Gasteiger partial charge in [-0.15, -0.1) is 0 Å². The third-order valence-electron chi connectivity index (χ3n) is 3.63. The van der Waals surface area contributed by atoms with Crippen molar-refractivity contribution in [3.8, 4) is 0 Å². The highest BCUT2D eigenvalue weighted by Gasteiger charge is 2.27. The van der Waals surface area contributed by atoms with E-state index in [1.807, 2.05) is 6.92 Å². The summed E-state index contributed by atoms with van der Waals surface area (Å²) in [6.07, 6.45) is -0.0186. The number of nitrogens with two attached hydrogens (primary N) is 1. The van der Waals surface area contributed by atoms with Gasteiger partial charge in [0.1, 0.15) is 5.82 Å². The van der Waals surface area contributed by atoms with Gasteiger partial charge < -0.3 is 15.0 Å². The fraction of sp³-hybridized carbons (Fsp3) is 0.467. The maximum Gasteiger partial charge on any atom is 0.240 e. The Hall–Kier alpha value is -1.83. The van der Waals surface area contributed by atoms with E-state index in [0.29, 0.717) is 24.8 Å². The van der Waals surface area contributed by atoms with E-state index in [-0.39, 0.29) is 24.6 Å². The number of benzene rings is 1. The summed E-state index contributed by atoms with van der Waals surface area (Å²) in [5, 5.41) is 3.92. The highest BCUT2D eigenvalue weighted by molar-refractivity contribution is 5.19. The molecule has 118 valence electrons.